The van der Waals surface area contributed by atoms with E-state index in [0.29, 0.717) is 32.6 Å². The number of amides is 3. The Labute approximate surface area is 321 Å². The molecule has 3 aliphatic rings. The van der Waals surface area contributed by atoms with Gasteiger partial charge in [0, 0.05) is 56.7 Å². The van der Waals surface area contributed by atoms with E-state index in [1.54, 1.807) is 5.48 Å². The number of aliphatic hydroxyl groups excluding tert-OH is 1. The molecule has 0 aliphatic carbocycles. The molecular formula is C43H49N5O7. The summed E-state index contributed by atoms with van der Waals surface area (Å²) in [6.45, 7) is 3.08. The number of para-hydroxylation sites is 1. The summed E-state index contributed by atoms with van der Waals surface area (Å²) < 4.78 is 13.4. The fraction of sp³-hybridized carbons (Fsp3) is 0.372. The molecule has 3 atom stereocenters. The van der Waals surface area contributed by atoms with E-state index in [-0.39, 0.29) is 43.5 Å². The number of piperidine rings is 1. The highest BCUT2D eigenvalue weighted by Gasteiger charge is 2.50. The van der Waals surface area contributed by atoms with Crippen molar-refractivity contribution < 1.29 is 34.2 Å². The lowest BCUT2D eigenvalue weighted by molar-refractivity contribution is -0.253. The Bertz CT molecular complexity index is 1930. The fourth-order valence-corrected chi connectivity index (χ4v) is 7.94. The maximum Gasteiger partial charge on any atom is 0.247 e. The van der Waals surface area contributed by atoms with Crippen LogP contribution in [-0.2, 0) is 37.0 Å². The first kappa shape index (κ1) is 38.2. The fourth-order valence-electron chi connectivity index (χ4n) is 7.94. The lowest BCUT2D eigenvalue weighted by atomic mass is 9.85. The van der Waals surface area contributed by atoms with E-state index in [1.807, 2.05) is 84.9 Å². The molecule has 3 saturated heterocycles. The standard InChI is InChI=1S/C43H49N5O7/c49-28-30-15-17-32(18-16-30)38-25-37(27-47-21-19-43(20-22-47)42(52)45-29-48(43)36-11-2-1-3-12-36)54-41(55-38)35-10-5-9-34(24-35)33-8-4-7-31(23-33)26-44-39(50)13-6-14-40(51)46-53/h1-5,7-12,15-18,23-24,37-38,41,49,53H,6,13-14,19-22,25-29H2,(H,44,50)(H,45,52)(H,46,51). The van der Waals surface area contributed by atoms with Gasteiger partial charge in [0.25, 0.3) is 0 Å². The van der Waals surface area contributed by atoms with Gasteiger partial charge in [0.05, 0.1) is 25.5 Å². The molecule has 0 aromatic heterocycles. The predicted molar refractivity (Wildman–Crippen MR) is 206 cm³/mol. The number of hydroxylamine groups is 1. The van der Waals surface area contributed by atoms with E-state index in [0.717, 1.165) is 65.0 Å². The van der Waals surface area contributed by atoms with Crippen LogP contribution in [0, 0.1) is 0 Å². The van der Waals surface area contributed by atoms with Crippen molar-refractivity contribution in [2.75, 3.05) is 31.2 Å². The topological polar surface area (TPSA) is 153 Å². The summed E-state index contributed by atoms with van der Waals surface area (Å²) >= 11 is 0. The molecule has 12 heteroatoms. The second kappa shape index (κ2) is 17.6. The molecule has 4 aromatic carbocycles. The smallest absolute Gasteiger partial charge is 0.247 e. The molecule has 7 rings (SSSR count). The lowest BCUT2D eigenvalue weighted by Gasteiger charge is -2.45. The van der Waals surface area contributed by atoms with Crippen LogP contribution in [0.25, 0.3) is 11.1 Å². The molecule has 1 spiro atoms. The van der Waals surface area contributed by atoms with E-state index >= 15 is 0 Å². The summed E-state index contributed by atoms with van der Waals surface area (Å²) in [5, 5.41) is 24.3. The summed E-state index contributed by atoms with van der Waals surface area (Å²) in [6, 6.07) is 34.2. The van der Waals surface area contributed by atoms with Crippen LogP contribution in [0.3, 0.4) is 0 Å². The summed E-state index contributed by atoms with van der Waals surface area (Å²) in [5.41, 5.74) is 7.74. The van der Waals surface area contributed by atoms with Gasteiger partial charge in [0.2, 0.25) is 17.7 Å². The third-order valence-corrected chi connectivity index (χ3v) is 11.0. The number of carbonyl (C=O) groups excluding carboxylic acids is 3. The molecule has 3 heterocycles. The molecule has 0 saturated carbocycles. The number of anilines is 1. The van der Waals surface area contributed by atoms with Gasteiger partial charge in [-0.3, -0.25) is 19.6 Å². The number of rotatable bonds is 13. The average Bonchev–Trinajstić information content (AvgIpc) is 3.55. The van der Waals surface area contributed by atoms with Crippen molar-refractivity contribution >= 4 is 23.4 Å². The normalized spacial score (nSPS) is 20.9. The van der Waals surface area contributed by atoms with Gasteiger partial charge >= 0.3 is 0 Å². The van der Waals surface area contributed by atoms with Gasteiger partial charge in [0.1, 0.15) is 5.54 Å². The van der Waals surface area contributed by atoms with Gasteiger partial charge in [-0.2, -0.15) is 0 Å². The number of hydrogen-bond donors (Lipinski definition) is 5. The maximum absolute atomic E-state index is 13.3. The maximum atomic E-state index is 13.3. The largest absolute Gasteiger partial charge is 0.392 e. The van der Waals surface area contributed by atoms with Crippen molar-refractivity contribution in [3.05, 3.63) is 125 Å². The molecule has 3 amide bonds. The van der Waals surface area contributed by atoms with E-state index in [2.05, 4.69) is 38.6 Å². The molecule has 55 heavy (non-hydrogen) atoms. The van der Waals surface area contributed by atoms with Crippen molar-refractivity contribution in [1.82, 2.24) is 21.0 Å². The van der Waals surface area contributed by atoms with Crippen LogP contribution in [0.15, 0.2) is 103 Å². The molecular weight excluding hydrogens is 699 g/mol. The van der Waals surface area contributed by atoms with Gasteiger partial charge in [-0.1, -0.05) is 78.9 Å². The van der Waals surface area contributed by atoms with E-state index in [1.165, 1.54) is 0 Å². The SMILES string of the molecule is O=C(CCCC(=O)NCc1cccc(-c2cccc(C3OC(CN4CCC5(CC4)C(=O)NCN5c4ccccc4)CC(c4ccc(CO)cc4)O3)c2)c1)NO. The van der Waals surface area contributed by atoms with Crippen molar-refractivity contribution in [1.29, 1.82) is 0 Å². The summed E-state index contributed by atoms with van der Waals surface area (Å²) in [4.78, 5) is 41.5. The number of hydrogen-bond acceptors (Lipinski definition) is 9. The van der Waals surface area contributed by atoms with Crippen LogP contribution in [-0.4, -0.2) is 70.9 Å². The average molecular weight is 748 g/mol. The predicted octanol–water partition coefficient (Wildman–Crippen LogP) is 5.11. The zero-order chi connectivity index (χ0) is 38.2. The Kier molecular flexibility index (Phi) is 12.2. The zero-order valence-corrected chi connectivity index (χ0v) is 30.9. The minimum Gasteiger partial charge on any atom is -0.392 e. The zero-order valence-electron chi connectivity index (χ0n) is 30.9. The number of likely N-dealkylation sites (tertiary alicyclic amines) is 1. The Morgan fingerprint density at radius 1 is 0.818 bits per heavy atom. The van der Waals surface area contributed by atoms with Crippen LogP contribution in [0.1, 0.15) is 73.2 Å². The van der Waals surface area contributed by atoms with E-state index in [9.17, 15) is 19.5 Å². The second-order valence-electron chi connectivity index (χ2n) is 14.6. The van der Waals surface area contributed by atoms with Crippen LogP contribution in [0.5, 0.6) is 0 Å². The first-order valence-electron chi connectivity index (χ1n) is 19.1. The highest BCUT2D eigenvalue weighted by atomic mass is 16.7. The van der Waals surface area contributed by atoms with Crippen molar-refractivity contribution in [2.24, 2.45) is 0 Å². The number of nitrogens with zero attached hydrogens (tertiary/aromatic N) is 2. The van der Waals surface area contributed by atoms with Crippen LogP contribution >= 0.6 is 0 Å². The summed E-state index contributed by atoms with van der Waals surface area (Å²) in [7, 11) is 0. The van der Waals surface area contributed by atoms with Crippen LogP contribution < -0.4 is 21.0 Å². The van der Waals surface area contributed by atoms with Gasteiger partial charge in [-0.25, -0.2) is 5.48 Å². The van der Waals surface area contributed by atoms with Crippen molar-refractivity contribution in [2.45, 2.75) is 75.7 Å². The molecule has 3 aliphatic heterocycles. The number of ether oxygens (including phenoxy) is 2. The minimum absolute atomic E-state index is 0.0256. The van der Waals surface area contributed by atoms with Crippen molar-refractivity contribution in [3.8, 4) is 11.1 Å². The van der Waals surface area contributed by atoms with E-state index in [4.69, 9.17) is 14.7 Å². The van der Waals surface area contributed by atoms with E-state index < -0.39 is 17.7 Å². The summed E-state index contributed by atoms with van der Waals surface area (Å²) in [6.07, 6.45) is 1.73. The molecule has 288 valence electrons. The lowest BCUT2D eigenvalue weighted by Crippen LogP contribution is -2.57. The number of benzene rings is 4. The minimum atomic E-state index is -0.623. The summed E-state index contributed by atoms with van der Waals surface area (Å²) in [5.74, 6) is -0.578. The highest BCUT2D eigenvalue weighted by molar-refractivity contribution is 5.93. The second-order valence-corrected chi connectivity index (χ2v) is 14.6. The monoisotopic (exact) mass is 747 g/mol. The first-order valence-corrected chi connectivity index (χ1v) is 19.1. The van der Waals surface area contributed by atoms with Gasteiger partial charge in [-0.05, 0) is 71.3 Å². The van der Waals surface area contributed by atoms with Crippen molar-refractivity contribution in [3.63, 3.8) is 0 Å². The molecule has 5 N–H and O–H groups in total. The van der Waals surface area contributed by atoms with Crippen LogP contribution in [0.4, 0.5) is 5.69 Å². The highest BCUT2D eigenvalue weighted by Crippen LogP contribution is 2.41. The Morgan fingerprint density at radius 2 is 1.55 bits per heavy atom. The Morgan fingerprint density at radius 3 is 2.29 bits per heavy atom. The molecule has 0 radical (unpaired) electrons. The number of carbonyl (C=O) groups is 3. The van der Waals surface area contributed by atoms with Crippen LogP contribution in [0.2, 0.25) is 0 Å². The third kappa shape index (κ3) is 9.07. The molecule has 4 aromatic rings. The molecule has 3 fully saturated rings. The van der Waals surface area contributed by atoms with Gasteiger partial charge < -0.3 is 35.0 Å². The van der Waals surface area contributed by atoms with Gasteiger partial charge in [0.15, 0.2) is 6.29 Å². The Hall–Kier alpha value is -5.11. The first-order chi connectivity index (χ1) is 26.8. The Balaban J connectivity index is 1.04. The number of aliphatic hydroxyl groups is 1. The number of nitrogens with one attached hydrogen (secondary N) is 3. The third-order valence-electron chi connectivity index (χ3n) is 11.0. The molecule has 12 nitrogen and oxygen atoms in total. The quantitative estimate of drug-likeness (QED) is 0.0928. The molecule has 0 bridgehead atoms. The molecule has 3 unspecified atom stereocenters. The van der Waals surface area contributed by atoms with Gasteiger partial charge in [-0.15, -0.1) is 0 Å².